The number of aromatic nitrogens is 2. The average molecular weight is 315 g/mol. The third kappa shape index (κ3) is 2.17. The molecule has 2 aromatic heterocycles. The van der Waals surface area contributed by atoms with Gasteiger partial charge in [-0.3, -0.25) is 10.2 Å². The Kier molecular flexibility index (Phi) is 2.93. The van der Waals surface area contributed by atoms with Crippen molar-refractivity contribution < 1.29 is 19.2 Å². The maximum Gasteiger partial charge on any atom is 0.354 e. The number of urea groups is 1. The topological polar surface area (TPSA) is 112 Å². The Balaban J connectivity index is 1.73. The molecule has 1 atom stereocenters. The molecule has 4 rings (SSSR count). The third-order valence-electron chi connectivity index (χ3n) is 4.06. The average Bonchev–Trinajstić information content (AvgIpc) is 3.18. The number of hydrogen-bond acceptors (Lipinski definition) is 6. The number of aromatic carboxylic acids is 1. The van der Waals surface area contributed by atoms with Crippen LogP contribution in [0.5, 0.6) is 0 Å². The molecule has 118 valence electrons. The highest BCUT2D eigenvalue weighted by Crippen LogP contribution is 2.39. The van der Waals surface area contributed by atoms with Gasteiger partial charge in [0.1, 0.15) is 6.26 Å². The smallest absolute Gasteiger partial charge is 0.354 e. The number of nitrogens with one attached hydrogen (secondary N) is 1. The van der Waals surface area contributed by atoms with Gasteiger partial charge in [0.25, 0.3) is 0 Å². The van der Waals surface area contributed by atoms with Gasteiger partial charge in [-0.05, 0) is 18.6 Å². The Labute approximate surface area is 130 Å². The van der Waals surface area contributed by atoms with Gasteiger partial charge in [0, 0.05) is 19.2 Å². The van der Waals surface area contributed by atoms with Crippen LogP contribution < -0.4 is 15.1 Å². The van der Waals surface area contributed by atoms with Gasteiger partial charge in [-0.15, -0.1) is 0 Å². The number of nitrogens with zero attached hydrogens (tertiary/aromatic N) is 4. The van der Waals surface area contributed by atoms with Crippen LogP contribution in [0.4, 0.5) is 22.1 Å². The minimum Gasteiger partial charge on any atom is -0.477 e. The Morgan fingerprint density at radius 1 is 1.35 bits per heavy atom. The van der Waals surface area contributed by atoms with Crippen molar-refractivity contribution in [3.63, 3.8) is 0 Å². The molecule has 2 aliphatic heterocycles. The second-order valence-electron chi connectivity index (χ2n) is 5.42. The molecule has 2 N–H and O–H groups in total. The van der Waals surface area contributed by atoms with Gasteiger partial charge in [0.2, 0.25) is 0 Å². The summed E-state index contributed by atoms with van der Waals surface area (Å²) in [5.41, 5.74) is 0.671. The zero-order chi connectivity index (χ0) is 16.0. The molecule has 0 saturated carbocycles. The van der Waals surface area contributed by atoms with E-state index >= 15 is 0 Å². The van der Waals surface area contributed by atoms with E-state index in [2.05, 4.69) is 20.4 Å². The van der Waals surface area contributed by atoms with Gasteiger partial charge >= 0.3 is 12.0 Å². The fraction of sp³-hybridized carbons (Fsp3) is 0.286. The van der Waals surface area contributed by atoms with Crippen LogP contribution >= 0.6 is 0 Å². The summed E-state index contributed by atoms with van der Waals surface area (Å²) in [7, 11) is 0. The summed E-state index contributed by atoms with van der Waals surface area (Å²) in [4.78, 5) is 31.6. The standard InChI is InChI=1S/C14H13N5O4/c20-13(21)9-1-2-10-12(15-9)19(8-3-5-18(10)7-8)14(22)16-11-4-6-23-17-11/h1-2,4,6,8H,3,5,7H2,(H,20,21)(H,16,17,22)/t8-/m0/s1. The van der Waals surface area contributed by atoms with E-state index in [0.29, 0.717) is 18.2 Å². The van der Waals surface area contributed by atoms with Gasteiger partial charge in [0.05, 0.1) is 11.7 Å². The molecule has 1 fully saturated rings. The molecule has 2 bridgehead atoms. The van der Waals surface area contributed by atoms with Crippen LogP contribution in [0, 0.1) is 0 Å². The lowest BCUT2D eigenvalue weighted by molar-refractivity contribution is 0.0690. The summed E-state index contributed by atoms with van der Waals surface area (Å²) in [6, 6.07) is 4.23. The lowest BCUT2D eigenvalue weighted by Gasteiger charge is -2.35. The Bertz CT molecular complexity index is 775. The first-order valence-corrected chi connectivity index (χ1v) is 7.13. The first kappa shape index (κ1) is 13.6. The van der Waals surface area contributed by atoms with Gasteiger partial charge in [-0.1, -0.05) is 5.16 Å². The first-order valence-electron chi connectivity index (χ1n) is 7.13. The molecule has 2 amide bonds. The number of hydrogen-bond donors (Lipinski definition) is 2. The highest BCUT2D eigenvalue weighted by Gasteiger charge is 2.40. The lowest BCUT2D eigenvalue weighted by Crippen LogP contribution is -2.48. The summed E-state index contributed by atoms with van der Waals surface area (Å²) in [5.74, 6) is -0.469. The van der Waals surface area contributed by atoms with E-state index < -0.39 is 12.0 Å². The summed E-state index contributed by atoms with van der Waals surface area (Å²) >= 11 is 0. The lowest BCUT2D eigenvalue weighted by atomic mass is 10.2. The molecule has 0 radical (unpaired) electrons. The van der Waals surface area contributed by atoms with Gasteiger partial charge in [-0.2, -0.15) is 0 Å². The third-order valence-corrected chi connectivity index (χ3v) is 4.06. The Morgan fingerprint density at radius 2 is 2.22 bits per heavy atom. The molecule has 0 aliphatic carbocycles. The Hall–Kier alpha value is -3.10. The monoisotopic (exact) mass is 315 g/mol. The fourth-order valence-corrected chi connectivity index (χ4v) is 3.04. The number of pyridine rings is 1. The van der Waals surface area contributed by atoms with Crippen LogP contribution in [0.2, 0.25) is 0 Å². The van der Waals surface area contributed by atoms with Crippen molar-refractivity contribution in [3.8, 4) is 0 Å². The molecule has 23 heavy (non-hydrogen) atoms. The van der Waals surface area contributed by atoms with Crippen molar-refractivity contribution in [1.29, 1.82) is 0 Å². The highest BCUT2D eigenvalue weighted by atomic mass is 16.5. The van der Waals surface area contributed by atoms with Crippen LogP contribution in [0.3, 0.4) is 0 Å². The van der Waals surface area contributed by atoms with Crippen LogP contribution in [0.25, 0.3) is 0 Å². The summed E-state index contributed by atoms with van der Waals surface area (Å²) in [5, 5.41) is 15.4. The SMILES string of the molecule is O=C(O)c1ccc2c(n1)N(C(=O)Nc1ccon1)[C@H]1CCN2C1. The number of carboxylic acids is 1. The molecular weight excluding hydrogens is 302 g/mol. The normalized spacial score (nSPS) is 18.7. The maximum absolute atomic E-state index is 12.6. The molecular formula is C14H13N5O4. The van der Waals surface area contributed by atoms with Crippen LogP contribution in [0.1, 0.15) is 16.9 Å². The summed E-state index contributed by atoms with van der Waals surface area (Å²) in [6.45, 7) is 1.51. The van der Waals surface area contributed by atoms with E-state index in [1.165, 1.54) is 23.3 Å². The summed E-state index contributed by atoms with van der Waals surface area (Å²) < 4.78 is 4.70. The first-order chi connectivity index (χ1) is 11.1. The van der Waals surface area contributed by atoms with E-state index in [9.17, 15) is 9.59 Å². The van der Waals surface area contributed by atoms with Crippen molar-refractivity contribution in [2.45, 2.75) is 12.5 Å². The highest BCUT2D eigenvalue weighted by molar-refractivity contribution is 6.04. The summed E-state index contributed by atoms with van der Waals surface area (Å²) in [6.07, 6.45) is 2.16. The zero-order valence-electron chi connectivity index (χ0n) is 12.0. The van der Waals surface area contributed by atoms with Gasteiger partial charge < -0.3 is 14.5 Å². The molecule has 1 saturated heterocycles. The van der Waals surface area contributed by atoms with E-state index in [1.807, 2.05) is 0 Å². The van der Waals surface area contributed by atoms with Crippen molar-refractivity contribution in [2.75, 3.05) is 28.2 Å². The number of carbonyl (C=O) groups is 2. The molecule has 0 unspecified atom stereocenters. The number of rotatable bonds is 2. The van der Waals surface area contributed by atoms with E-state index in [1.54, 1.807) is 6.07 Å². The number of amides is 2. The molecule has 9 nitrogen and oxygen atoms in total. The van der Waals surface area contributed by atoms with Crippen molar-refractivity contribution in [2.24, 2.45) is 0 Å². The molecule has 0 spiro atoms. The van der Waals surface area contributed by atoms with Gasteiger partial charge in [-0.25, -0.2) is 14.6 Å². The Morgan fingerprint density at radius 3 is 2.96 bits per heavy atom. The van der Waals surface area contributed by atoms with Crippen LogP contribution in [0.15, 0.2) is 29.0 Å². The van der Waals surface area contributed by atoms with Crippen molar-refractivity contribution in [3.05, 3.63) is 30.2 Å². The number of anilines is 3. The predicted octanol–water partition coefficient (Wildman–Crippen LogP) is 1.40. The van der Waals surface area contributed by atoms with E-state index in [0.717, 1.165) is 18.7 Å². The number of carbonyl (C=O) groups excluding carboxylic acids is 1. The number of fused-ring (bicyclic) bond motifs is 4. The minimum absolute atomic E-state index is 0.0501. The molecule has 2 aromatic rings. The van der Waals surface area contributed by atoms with E-state index in [-0.39, 0.29) is 11.7 Å². The molecule has 9 heteroatoms. The zero-order valence-corrected chi connectivity index (χ0v) is 12.0. The second kappa shape index (κ2) is 4.97. The molecule has 0 aromatic carbocycles. The predicted molar refractivity (Wildman–Crippen MR) is 79.8 cm³/mol. The quantitative estimate of drug-likeness (QED) is 0.861. The number of carboxylic acid groups (broad SMARTS) is 1. The van der Waals surface area contributed by atoms with Crippen molar-refractivity contribution >= 4 is 29.3 Å². The largest absolute Gasteiger partial charge is 0.477 e. The van der Waals surface area contributed by atoms with Gasteiger partial charge in [0.15, 0.2) is 17.3 Å². The second-order valence-corrected chi connectivity index (χ2v) is 5.42. The van der Waals surface area contributed by atoms with Crippen LogP contribution in [-0.4, -0.2) is 46.4 Å². The van der Waals surface area contributed by atoms with Crippen LogP contribution in [-0.2, 0) is 0 Å². The minimum atomic E-state index is -1.13. The maximum atomic E-state index is 12.6. The fourth-order valence-electron chi connectivity index (χ4n) is 3.04. The molecule has 4 heterocycles. The molecule has 2 aliphatic rings. The van der Waals surface area contributed by atoms with Crippen molar-refractivity contribution in [1.82, 2.24) is 10.1 Å². The van der Waals surface area contributed by atoms with E-state index in [4.69, 9.17) is 9.63 Å².